The lowest BCUT2D eigenvalue weighted by atomic mass is 10.2. The van der Waals surface area contributed by atoms with Crippen LogP contribution in [0.4, 0.5) is 0 Å². The Kier molecular flexibility index (Phi) is 4.11. The zero-order chi connectivity index (χ0) is 16.2. The number of benzene rings is 1. The number of carbonyl (C=O) groups is 1. The van der Waals surface area contributed by atoms with E-state index in [0.29, 0.717) is 0 Å². The van der Waals surface area contributed by atoms with E-state index in [2.05, 4.69) is 15.0 Å². The first kappa shape index (κ1) is 14.9. The first-order valence-electron chi connectivity index (χ1n) is 6.65. The van der Waals surface area contributed by atoms with Gasteiger partial charge in [-0.3, -0.25) is 4.79 Å². The molecule has 3 aromatic rings. The second-order valence-corrected chi connectivity index (χ2v) is 5.45. The summed E-state index contributed by atoms with van der Waals surface area (Å²) in [5, 5.41) is 11.6. The smallest absolute Gasteiger partial charge is 0.342 e. The molecule has 6 nitrogen and oxygen atoms in total. The topological polar surface area (TPSA) is 95.9 Å². The van der Waals surface area contributed by atoms with Crippen LogP contribution in [-0.2, 0) is 0 Å². The molecule has 0 atom stereocenters. The van der Waals surface area contributed by atoms with Gasteiger partial charge in [0.05, 0.1) is 5.69 Å². The largest absolute Gasteiger partial charge is 0.477 e. The van der Waals surface area contributed by atoms with Crippen molar-refractivity contribution in [2.75, 3.05) is 0 Å². The molecule has 3 rings (SSSR count). The highest BCUT2D eigenvalue weighted by Gasteiger charge is 2.08. The third-order valence-electron chi connectivity index (χ3n) is 3.00. The molecule has 0 spiro atoms. The number of nitrogens with one attached hydrogen (secondary N) is 1. The minimum absolute atomic E-state index is 0.272. The summed E-state index contributed by atoms with van der Waals surface area (Å²) in [5.74, 6) is -1.03. The molecule has 0 amide bonds. The lowest BCUT2D eigenvalue weighted by Crippen LogP contribution is -2.18. The molecule has 1 aromatic carbocycles. The Bertz CT molecular complexity index is 929. The van der Waals surface area contributed by atoms with E-state index in [-0.39, 0.29) is 11.4 Å². The van der Waals surface area contributed by atoms with Gasteiger partial charge in [0, 0.05) is 17.1 Å². The SMILES string of the molecule is O=C(O)c1cnc(C=Cc2csc(-c3ccccc3)n2)[nH]c1=O. The Morgan fingerprint density at radius 3 is 2.70 bits per heavy atom. The predicted molar refractivity (Wildman–Crippen MR) is 88.3 cm³/mol. The molecule has 0 radical (unpaired) electrons. The summed E-state index contributed by atoms with van der Waals surface area (Å²) in [6.07, 6.45) is 4.33. The predicted octanol–water partition coefficient (Wildman–Crippen LogP) is 2.76. The van der Waals surface area contributed by atoms with Gasteiger partial charge in [0.15, 0.2) is 0 Å². The number of rotatable bonds is 4. The van der Waals surface area contributed by atoms with Gasteiger partial charge in [0.1, 0.15) is 16.4 Å². The molecule has 0 aliphatic rings. The maximum atomic E-state index is 11.6. The minimum atomic E-state index is -1.30. The molecule has 0 aliphatic heterocycles. The summed E-state index contributed by atoms with van der Waals surface area (Å²) in [6, 6.07) is 9.81. The first-order chi connectivity index (χ1) is 11.1. The van der Waals surface area contributed by atoms with E-state index in [1.54, 1.807) is 12.2 Å². The summed E-state index contributed by atoms with van der Waals surface area (Å²) < 4.78 is 0. The zero-order valence-electron chi connectivity index (χ0n) is 11.8. The van der Waals surface area contributed by atoms with Gasteiger partial charge in [0.25, 0.3) is 5.56 Å². The number of aromatic carboxylic acids is 1. The number of hydrogen-bond donors (Lipinski definition) is 2. The second kappa shape index (κ2) is 6.37. The molecule has 0 bridgehead atoms. The Balaban J connectivity index is 1.81. The van der Waals surface area contributed by atoms with Gasteiger partial charge in [-0.15, -0.1) is 11.3 Å². The summed E-state index contributed by atoms with van der Waals surface area (Å²) in [5.41, 5.74) is 0.700. The molecule has 7 heteroatoms. The van der Waals surface area contributed by atoms with Crippen LogP contribution in [-0.4, -0.2) is 26.0 Å². The van der Waals surface area contributed by atoms with E-state index in [1.165, 1.54) is 11.3 Å². The highest BCUT2D eigenvalue weighted by molar-refractivity contribution is 7.13. The van der Waals surface area contributed by atoms with Crippen LogP contribution in [0.5, 0.6) is 0 Å². The number of hydrogen-bond acceptors (Lipinski definition) is 5. The van der Waals surface area contributed by atoms with Gasteiger partial charge in [-0.25, -0.2) is 14.8 Å². The van der Waals surface area contributed by atoms with E-state index in [1.807, 2.05) is 35.7 Å². The number of nitrogens with zero attached hydrogens (tertiary/aromatic N) is 2. The maximum absolute atomic E-state index is 11.6. The fourth-order valence-corrected chi connectivity index (χ4v) is 2.68. The number of aromatic nitrogens is 3. The van der Waals surface area contributed by atoms with E-state index < -0.39 is 11.5 Å². The van der Waals surface area contributed by atoms with Crippen LogP contribution in [0.25, 0.3) is 22.7 Å². The van der Waals surface area contributed by atoms with Crippen molar-refractivity contribution in [1.29, 1.82) is 0 Å². The van der Waals surface area contributed by atoms with E-state index in [9.17, 15) is 9.59 Å². The first-order valence-corrected chi connectivity index (χ1v) is 7.53. The van der Waals surface area contributed by atoms with Gasteiger partial charge in [-0.05, 0) is 12.2 Å². The Hall–Kier alpha value is -3.06. The standard InChI is InChI=1S/C16H11N3O3S/c20-14-12(16(21)22)8-17-13(19-14)7-6-11-9-23-15(18-11)10-4-2-1-3-5-10/h1-9H,(H,21,22)(H,17,19,20). The summed E-state index contributed by atoms with van der Waals surface area (Å²) in [7, 11) is 0. The number of thiazole rings is 1. The molecule has 0 fully saturated rings. The lowest BCUT2D eigenvalue weighted by molar-refractivity contribution is 0.0694. The molecule has 0 saturated heterocycles. The zero-order valence-corrected chi connectivity index (χ0v) is 12.6. The number of aromatic amines is 1. The normalized spacial score (nSPS) is 11.0. The molecular formula is C16H11N3O3S. The highest BCUT2D eigenvalue weighted by Crippen LogP contribution is 2.23. The lowest BCUT2D eigenvalue weighted by Gasteiger charge is -1.95. The highest BCUT2D eigenvalue weighted by atomic mass is 32.1. The fourth-order valence-electron chi connectivity index (χ4n) is 1.89. The van der Waals surface area contributed by atoms with Crippen molar-refractivity contribution in [3.8, 4) is 10.6 Å². The number of carboxylic acids is 1. The maximum Gasteiger partial charge on any atom is 0.342 e. The van der Waals surface area contributed by atoms with Crippen molar-refractivity contribution in [3.63, 3.8) is 0 Å². The summed E-state index contributed by atoms with van der Waals surface area (Å²) in [6.45, 7) is 0. The van der Waals surface area contributed by atoms with E-state index in [4.69, 9.17) is 5.11 Å². The molecular weight excluding hydrogens is 314 g/mol. The quantitative estimate of drug-likeness (QED) is 0.769. The second-order valence-electron chi connectivity index (χ2n) is 4.59. The Morgan fingerprint density at radius 2 is 2.00 bits per heavy atom. The molecule has 0 saturated carbocycles. The third-order valence-corrected chi connectivity index (χ3v) is 3.91. The van der Waals surface area contributed by atoms with Crippen molar-refractivity contribution in [3.05, 3.63) is 69.3 Å². The fraction of sp³-hybridized carbons (Fsp3) is 0. The van der Waals surface area contributed by atoms with Gasteiger partial charge in [-0.2, -0.15) is 0 Å². The van der Waals surface area contributed by atoms with E-state index in [0.717, 1.165) is 22.5 Å². The number of H-pyrrole nitrogens is 1. The van der Waals surface area contributed by atoms with Crippen LogP contribution in [0.15, 0.2) is 46.7 Å². The molecule has 0 aliphatic carbocycles. The van der Waals surface area contributed by atoms with Crippen molar-refractivity contribution < 1.29 is 9.90 Å². The Labute approximate surface area is 134 Å². The van der Waals surface area contributed by atoms with Gasteiger partial charge in [-0.1, -0.05) is 30.3 Å². The van der Waals surface area contributed by atoms with Crippen LogP contribution in [0.2, 0.25) is 0 Å². The molecule has 2 N–H and O–H groups in total. The molecule has 2 aromatic heterocycles. The van der Waals surface area contributed by atoms with Crippen LogP contribution in [0.3, 0.4) is 0 Å². The third kappa shape index (κ3) is 3.41. The molecule has 0 unspecified atom stereocenters. The van der Waals surface area contributed by atoms with Crippen molar-refractivity contribution in [1.82, 2.24) is 15.0 Å². The van der Waals surface area contributed by atoms with Gasteiger partial charge in [0.2, 0.25) is 0 Å². The van der Waals surface area contributed by atoms with Gasteiger partial charge >= 0.3 is 5.97 Å². The van der Waals surface area contributed by atoms with E-state index >= 15 is 0 Å². The van der Waals surface area contributed by atoms with Crippen molar-refractivity contribution in [2.45, 2.75) is 0 Å². The minimum Gasteiger partial charge on any atom is -0.477 e. The summed E-state index contributed by atoms with van der Waals surface area (Å²) in [4.78, 5) is 33.1. The number of carboxylic acid groups (broad SMARTS) is 1. The van der Waals surface area contributed by atoms with Crippen LogP contribution < -0.4 is 5.56 Å². The van der Waals surface area contributed by atoms with Gasteiger partial charge < -0.3 is 10.1 Å². The molecule has 2 heterocycles. The monoisotopic (exact) mass is 325 g/mol. The van der Waals surface area contributed by atoms with Crippen LogP contribution in [0.1, 0.15) is 21.9 Å². The Morgan fingerprint density at radius 1 is 1.22 bits per heavy atom. The van der Waals surface area contributed by atoms with Crippen molar-refractivity contribution in [2.24, 2.45) is 0 Å². The molecule has 114 valence electrons. The summed E-state index contributed by atoms with van der Waals surface area (Å²) >= 11 is 1.51. The van der Waals surface area contributed by atoms with Crippen LogP contribution in [0, 0.1) is 0 Å². The average molecular weight is 325 g/mol. The van der Waals surface area contributed by atoms with Crippen molar-refractivity contribution >= 4 is 29.5 Å². The molecule has 23 heavy (non-hydrogen) atoms. The average Bonchev–Trinajstić information content (AvgIpc) is 3.02. The van der Waals surface area contributed by atoms with Crippen LogP contribution >= 0.6 is 11.3 Å².